The number of hydrogen-bond acceptors (Lipinski definition) is 8. The molecule has 0 saturated carbocycles. The second kappa shape index (κ2) is 6.57. The third-order valence-electron chi connectivity index (χ3n) is 2.51. The van der Waals surface area contributed by atoms with Gasteiger partial charge in [-0.2, -0.15) is 0 Å². The molecular weight excluding hydrogens is 236 g/mol. The number of ether oxygens (including phenoxy) is 2. The second-order valence-corrected chi connectivity index (χ2v) is 3.87. The van der Waals surface area contributed by atoms with Crippen LogP contribution in [0.3, 0.4) is 0 Å². The van der Waals surface area contributed by atoms with Crippen molar-refractivity contribution in [2.75, 3.05) is 19.8 Å². The molecule has 8 nitrogen and oxygen atoms in total. The van der Waals surface area contributed by atoms with Crippen LogP contribution >= 0.6 is 0 Å². The third-order valence-corrected chi connectivity index (χ3v) is 2.51. The molecule has 0 aromatic carbocycles. The minimum Gasteiger partial charge on any atom is -0.394 e. The summed E-state index contributed by atoms with van der Waals surface area (Å²) in [4.78, 5) is 0. The first-order valence-corrected chi connectivity index (χ1v) is 5.22. The first-order valence-electron chi connectivity index (χ1n) is 5.22. The van der Waals surface area contributed by atoms with Crippen molar-refractivity contribution in [1.82, 2.24) is 0 Å². The molecular formula is C9H18O8. The van der Waals surface area contributed by atoms with E-state index in [1.807, 2.05) is 0 Å². The molecule has 8 heteroatoms. The number of hydrogen-bond donors (Lipinski definition) is 6. The Morgan fingerprint density at radius 1 is 1.06 bits per heavy atom. The molecule has 0 spiro atoms. The van der Waals surface area contributed by atoms with Gasteiger partial charge in [0.25, 0.3) is 0 Å². The summed E-state index contributed by atoms with van der Waals surface area (Å²) in [6.07, 6.45) is -7.94. The van der Waals surface area contributed by atoms with Gasteiger partial charge in [-0.05, 0) is 0 Å². The molecule has 0 aliphatic carbocycles. The average molecular weight is 254 g/mol. The first kappa shape index (κ1) is 14.7. The lowest BCUT2D eigenvalue weighted by atomic mass is 9.99. The van der Waals surface area contributed by atoms with E-state index in [1.54, 1.807) is 0 Å². The highest BCUT2D eigenvalue weighted by molar-refractivity contribution is 4.88. The lowest BCUT2D eigenvalue weighted by Crippen LogP contribution is -2.59. The van der Waals surface area contributed by atoms with E-state index in [9.17, 15) is 15.3 Å². The van der Waals surface area contributed by atoms with Crippen molar-refractivity contribution in [3.63, 3.8) is 0 Å². The summed E-state index contributed by atoms with van der Waals surface area (Å²) in [5.41, 5.74) is 0. The summed E-state index contributed by atoms with van der Waals surface area (Å²) in [6.45, 7) is -1.37. The smallest absolute Gasteiger partial charge is 0.186 e. The number of rotatable bonds is 5. The molecule has 1 aliphatic heterocycles. The normalized spacial score (nSPS) is 40.2. The Morgan fingerprint density at radius 2 is 1.71 bits per heavy atom. The van der Waals surface area contributed by atoms with Crippen LogP contribution in [0.25, 0.3) is 0 Å². The zero-order valence-electron chi connectivity index (χ0n) is 9.09. The van der Waals surface area contributed by atoms with Gasteiger partial charge in [0.2, 0.25) is 0 Å². The summed E-state index contributed by atoms with van der Waals surface area (Å²) >= 11 is 0. The van der Waals surface area contributed by atoms with Gasteiger partial charge < -0.3 is 40.1 Å². The predicted molar refractivity (Wildman–Crippen MR) is 52.8 cm³/mol. The van der Waals surface area contributed by atoms with Gasteiger partial charge in [-0.1, -0.05) is 0 Å². The zero-order valence-corrected chi connectivity index (χ0v) is 9.09. The van der Waals surface area contributed by atoms with Crippen LogP contribution in [0, 0.1) is 0 Å². The monoisotopic (exact) mass is 254 g/mol. The fraction of sp³-hybridized carbons (Fsp3) is 1.00. The standard InChI is InChI=1S/C9H18O8/c10-1-4(12)3-16-9-8(15)7(14)6(13)5(2-11)17-9/h4-15H,1-3H2/t4-,5-,6+,7+,8-,9-/m1/s1. The Balaban J connectivity index is 2.53. The minimum absolute atomic E-state index is 0.306. The van der Waals surface area contributed by atoms with Crippen LogP contribution in [0.4, 0.5) is 0 Å². The summed E-state index contributed by atoms with van der Waals surface area (Å²) < 4.78 is 9.93. The van der Waals surface area contributed by atoms with Crippen LogP contribution in [0.5, 0.6) is 0 Å². The van der Waals surface area contributed by atoms with E-state index in [-0.39, 0.29) is 6.61 Å². The van der Waals surface area contributed by atoms with E-state index in [1.165, 1.54) is 0 Å². The summed E-state index contributed by atoms with van der Waals surface area (Å²) in [5, 5.41) is 54.9. The molecule has 0 amide bonds. The molecule has 0 unspecified atom stereocenters. The molecule has 0 radical (unpaired) electrons. The van der Waals surface area contributed by atoms with E-state index in [4.69, 9.17) is 24.8 Å². The van der Waals surface area contributed by atoms with E-state index in [0.29, 0.717) is 0 Å². The molecule has 102 valence electrons. The maximum absolute atomic E-state index is 9.52. The largest absolute Gasteiger partial charge is 0.394 e. The van der Waals surface area contributed by atoms with Gasteiger partial charge in [-0.25, -0.2) is 0 Å². The van der Waals surface area contributed by atoms with Crippen molar-refractivity contribution in [2.45, 2.75) is 36.8 Å². The second-order valence-electron chi connectivity index (χ2n) is 3.87. The molecule has 1 heterocycles. The van der Waals surface area contributed by atoms with Crippen LogP contribution in [-0.4, -0.2) is 87.3 Å². The third kappa shape index (κ3) is 3.57. The first-order chi connectivity index (χ1) is 8.01. The van der Waals surface area contributed by atoms with Gasteiger partial charge in [0.1, 0.15) is 30.5 Å². The maximum atomic E-state index is 9.52. The van der Waals surface area contributed by atoms with Gasteiger partial charge in [0.15, 0.2) is 6.29 Å². The van der Waals surface area contributed by atoms with Gasteiger partial charge in [0, 0.05) is 0 Å². The lowest BCUT2D eigenvalue weighted by molar-refractivity contribution is -0.304. The van der Waals surface area contributed by atoms with Gasteiger partial charge in [0.05, 0.1) is 19.8 Å². The highest BCUT2D eigenvalue weighted by Crippen LogP contribution is 2.21. The summed E-state index contributed by atoms with van der Waals surface area (Å²) in [7, 11) is 0. The lowest BCUT2D eigenvalue weighted by Gasteiger charge is -2.39. The quantitative estimate of drug-likeness (QED) is 0.293. The van der Waals surface area contributed by atoms with E-state index in [0.717, 1.165) is 0 Å². The Labute approximate surface area is 97.6 Å². The predicted octanol–water partition coefficient (Wildman–Crippen LogP) is -3.84. The molecule has 0 aromatic heterocycles. The molecule has 0 aromatic rings. The van der Waals surface area contributed by atoms with Crippen LogP contribution in [0.2, 0.25) is 0 Å². The summed E-state index contributed by atoms with van der Waals surface area (Å²) in [6, 6.07) is 0. The van der Waals surface area contributed by atoms with E-state index < -0.39 is 50.0 Å². The highest BCUT2D eigenvalue weighted by atomic mass is 16.7. The molecule has 1 aliphatic rings. The fourth-order valence-corrected chi connectivity index (χ4v) is 1.46. The van der Waals surface area contributed by atoms with E-state index in [2.05, 4.69) is 0 Å². The molecule has 1 fully saturated rings. The van der Waals surface area contributed by atoms with Crippen molar-refractivity contribution in [2.24, 2.45) is 0 Å². The molecule has 17 heavy (non-hydrogen) atoms. The van der Waals surface area contributed by atoms with Crippen LogP contribution < -0.4 is 0 Å². The highest BCUT2D eigenvalue weighted by Gasteiger charge is 2.44. The fourth-order valence-electron chi connectivity index (χ4n) is 1.46. The van der Waals surface area contributed by atoms with Crippen LogP contribution in [-0.2, 0) is 9.47 Å². The van der Waals surface area contributed by atoms with Gasteiger partial charge in [-0.15, -0.1) is 0 Å². The van der Waals surface area contributed by atoms with Crippen LogP contribution in [0.15, 0.2) is 0 Å². The maximum Gasteiger partial charge on any atom is 0.186 e. The SMILES string of the molecule is OC[C@@H](O)CO[C@@H]1O[C@H](CO)[C@H](O)[C@H](O)[C@H]1O. The molecule has 1 rings (SSSR count). The Kier molecular flexibility index (Phi) is 5.70. The molecule has 1 saturated heterocycles. The summed E-state index contributed by atoms with van der Waals surface area (Å²) in [5.74, 6) is 0. The van der Waals surface area contributed by atoms with Crippen molar-refractivity contribution in [3.05, 3.63) is 0 Å². The van der Waals surface area contributed by atoms with Crippen molar-refractivity contribution < 1.29 is 40.1 Å². The number of aliphatic hydroxyl groups excluding tert-OH is 6. The Morgan fingerprint density at radius 3 is 2.24 bits per heavy atom. The topological polar surface area (TPSA) is 140 Å². The van der Waals surface area contributed by atoms with Gasteiger partial charge >= 0.3 is 0 Å². The number of aliphatic hydroxyl groups is 6. The molecule has 6 atom stereocenters. The Bertz CT molecular complexity index is 223. The molecule has 6 N–H and O–H groups in total. The van der Waals surface area contributed by atoms with Crippen molar-refractivity contribution in [1.29, 1.82) is 0 Å². The average Bonchev–Trinajstić information content (AvgIpc) is 2.34. The van der Waals surface area contributed by atoms with Crippen molar-refractivity contribution >= 4 is 0 Å². The minimum atomic E-state index is -1.52. The van der Waals surface area contributed by atoms with Crippen molar-refractivity contribution in [3.8, 4) is 0 Å². The Hall–Kier alpha value is -0.320. The van der Waals surface area contributed by atoms with Crippen LogP contribution in [0.1, 0.15) is 0 Å². The van der Waals surface area contributed by atoms with Gasteiger partial charge in [-0.3, -0.25) is 0 Å². The molecule has 0 bridgehead atoms. The van der Waals surface area contributed by atoms with E-state index >= 15 is 0 Å². The zero-order chi connectivity index (χ0) is 13.0.